The predicted molar refractivity (Wildman–Crippen MR) is 72.1 cm³/mol. The normalized spacial score (nSPS) is 30.2. The number of aromatic nitrogens is 4. The molecule has 0 saturated carbocycles. The van der Waals surface area contributed by atoms with Crippen molar-refractivity contribution < 1.29 is 0 Å². The first-order chi connectivity index (χ1) is 9.38. The van der Waals surface area contributed by atoms with Gasteiger partial charge < -0.3 is 10.2 Å². The standard InChI is InChI=1S/C13H18N6/c1-2-11-10-6-14-5-9(10)7-19(11)12-13-17-16-8-18(13)4-3-15-12/h3-4,8-11,14H,2,5-7H2,1H3. The van der Waals surface area contributed by atoms with Crippen LogP contribution in [-0.2, 0) is 0 Å². The van der Waals surface area contributed by atoms with Gasteiger partial charge in [0, 0.05) is 38.1 Å². The summed E-state index contributed by atoms with van der Waals surface area (Å²) in [6.07, 6.45) is 6.63. The Bertz CT molecular complexity index is 594. The number of hydrogen-bond acceptors (Lipinski definition) is 5. The Morgan fingerprint density at radius 3 is 3.26 bits per heavy atom. The lowest BCUT2D eigenvalue weighted by Gasteiger charge is -2.27. The first-order valence-corrected chi connectivity index (χ1v) is 7.00. The lowest BCUT2D eigenvalue weighted by atomic mass is 9.93. The minimum Gasteiger partial charge on any atom is -0.350 e. The summed E-state index contributed by atoms with van der Waals surface area (Å²) < 4.78 is 1.95. The monoisotopic (exact) mass is 258 g/mol. The van der Waals surface area contributed by atoms with E-state index in [4.69, 9.17) is 0 Å². The molecule has 4 rings (SSSR count). The summed E-state index contributed by atoms with van der Waals surface area (Å²) in [6.45, 7) is 5.61. The van der Waals surface area contributed by atoms with Gasteiger partial charge in [0.2, 0.25) is 5.65 Å². The number of anilines is 1. The largest absolute Gasteiger partial charge is 0.350 e. The van der Waals surface area contributed by atoms with E-state index >= 15 is 0 Å². The third-order valence-electron chi connectivity index (χ3n) is 4.61. The molecule has 3 unspecified atom stereocenters. The third kappa shape index (κ3) is 1.56. The van der Waals surface area contributed by atoms with Crippen LogP contribution < -0.4 is 10.2 Å². The molecule has 1 N–H and O–H groups in total. The van der Waals surface area contributed by atoms with Crippen LogP contribution in [-0.4, -0.2) is 45.3 Å². The fourth-order valence-electron chi connectivity index (χ4n) is 3.74. The molecular weight excluding hydrogens is 240 g/mol. The molecule has 2 aromatic heterocycles. The van der Waals surface area contributed by atoms with Crippen LogP contribution in [0, 0.1) is 11.8 Å². The van der Waals surface area contributed by atoms with E-state index in [2.05, 4.69) is 32.3 Å². The highest BCUT2D eigenvalue weighted by Crippen LogP contribution is 2.37. The van der Waals surface area contributed by atoms with E-state index in [0.29, 0.717) is 6.04 Å². The van der Waals surface area contributed by atoms with Crippen molar-refractivity contribution in [1.82, 2.24) is 24.9 Å². The summed E-state index contributed by atoms with van der Waals surface area (Å²) in [7, 11) is 0. The SMILES string of the molecule is CCC1C2CNCC2CN1c1nccn2cnnc12. The van der Waals surface area contributed by atoms with E-state index < -0.39 is 0 Å². The van der Waals surface area contributed by atoms with E-state index in [1.54, 1.807) is 6.33 Å². The van der Waals surface area contributed by atoms with Gasteiger partial charge in [-0.3, -0.25) is 4.40 Å². The number of rotatable bonds is 2. The second kappa shape index (κ2) is 4.16. The number of nitrogens with one attached hydrogen (secondary N) is 1. The maximum atomic E-state index is 4.57. The second-order valence-corrected chi connectivity index (χ2v) is 5.52. The Labute approximate surface area is 111 Å². The number of fused-ring (bicyclic) bond motifs is 2. The van der Waals surface area contributed by atoms with Crippen LogP contribution in [0.15, 0.2) is 18.7 Å². The summed E-state index contributed by atoms with van der Waals surface area (Å²) in [5.41, 5.74) is 0.869. The highest BCUT2D eigenvalue weighted by atomic mass is 15.3. The Balaban J connectivity index is 1.77. The van der Waals surface area contributed by atoms with Gasteiger partial charge in [-0.15, -0.1) is 10.2 Å². The molecule has 2 aliphatic rings. The van der Waals surface area contributed by atoms with Crippen molar-refractivity contribution in [3.63, 3.8) is 0 Å². The van der Waals surface area contributed by atoms with E-state index in [9.17, 15) is 0 Å². The zero-order chi connectivity index (χ0) is 12.8. The topological polar surface area (TPSA) is 58.4 Å². The first kappa shape index (κ1) is 11.2. The Kier molecular flexibility index (Phi) is 2.44. The molecule has 6 nitrogen and oxygen atoms in total. The number of hydrogen-bond donors (Lipinski definition) is 1. The van der Waals surface area contributed by atoms with Crippen molar-refractivity contribution in [1.29, 1.82) is 0 Å². The van der Waals surface area contributed by atoms with Gasteiger partial charge in [-0.1, -0.05) is 6.92 Å². The minimum atomic E-state index is 0.565. The molecule has 0 aromatic carbocycles. The van der Waals surface area contributed by atoms with Gasteiger partial charge in [-0.2, -0.15) is 0 Å². The van der Waals surface area contributed by atoms with Crippen LogP contribution in [0.4, 0.5) is 5.82 Å². The van der Waals surface area contributed by atoms with Crippen molar-refractivity contribution in [3.8, 4) is 0 Å². The molecule has 3 atom stereocenters. The second-order valence-electron chi connectivity index (χ2n) is 5.52. The fourth-order valence-corrected chi connectivity index (χ4v) is 3.74. The van der Waals surface area contributed by atoms with Crippen LogP contribution in [0.1, 0.15) is 13.3 Å². The molecule has 2 aliphatic heterocycles. The van der Waals surface area contributed by atoms with Crippen molar-refractivity contribution in [2.75, 3.05) is 24.5 Å². The third-order valence-corrected chi connectivity index (χ3v) is 4.61. The first-order valence-electron chi connectivity index (χ1n) is 7.00. The van der Waals surface area contributed by atoms with Gasteiger partial charge in [-0.05, 0) is 18.3 Å². The zero-order valence-corrected chi connectivity index (χ0v) is 11.0. The summed E-state index contributed by atoms with van der Waals surface area (Å²) in [6, 6.07) is 0.565. The van der Waals surface area contributed by atoms with Crippen molar-refractivity contribution >= 4 is 11.5 Å². The van der Waals surface area contributed by atoms with E-state index in [1.807, 2.05) is 16.8 Å². The summed E-state index contributed by atoms with van der Waals surface area (Å²) in [5.74, 6) is 2.48. The number of nitrogens with zero attached hydrogens (tertiary/aromatic N) is 5. The Morgan fingerprint density at radius 1 is 1.42 bits per heavy atom. The molecule has 0 spiro atoms. The summed E-state index contributed by atoms with van der Waals surface area (Å²) in [5, 5.41) is 11.7. The van der Waals surface area contributed by atoms with Gasteiger partial charge in [0.15, 0.2) is 5.82 Å². The molecule has 2 aromatic rings. The molecule has 0 aliphatic carbocycles. The summed E-state index contributed by atoms with van der Waals surface area (Å²) >= 11 is 0. The quantitative estimate of drug-likeness (QED) is 0.853. The van der Waals surface area contributed by atoms with Gasteiger partial charge >= 0.3 is 0 Å². The molecule has 100 valence electrons. The molecule has 2 saturated heterocycles. The van der Waals surface area contributed by atoms with Crippen molar-refractivity contribution in [3.05, 3.63) is 18.7 Å². The lowest BCUT2D eigenvalue weighted by molar-refractivity contribution is 0.441. The van der Waals surface area contributed by atoms with Crippen LogP contribution in [0.5, 0.6) is 0 Å². The van der Waals surface area contributed by atoms with E-state index in [0.717, 1.165) is 49.4 Å². The molecule has 6 heteroatoms. The average molecular weight is 258 g/mol. The van der Waals surface area contributed by atoms with Crippen molar-refractivity contribution in [2.45, 2.75) is 19.4 Å². The fraction of sp³-hybridized carbons (Fsp3) is 0.615. The molecular formula is C13H18N6. The van der Waals surface area contributed by atoms with Crippen LogP contribution in [0.2, 0.25) is 0 Å². The molecule has 4 heterocycles. The maximum absolute atomic E-state index is 4.57. The zero-order valence-electron chi connectivity index (χ0n) is 11.0. The predicted octanol–water partition coefficient (Wildman–Crippen LogP) is 0.558. The molecule has 2 fully saturated rings. The van der Waals surface area contributed by atoms with E-state index in [1.165, 1.54) is 0 Å². The van der Waals surface area contributed by atoms with Crippen LogP contribution >= 0.6 is 0 Å². The Hall–Kier alpha value is -1.69. The maximum Gasteiger partial charge on any atom is 0.203 e. The highest BCUT2D eigenvalue weighted by molar-refractivity contribution is 5.64. The van der Waals surface area contributed by atoms with E-state index in [-0.39, 0.29) is 0 Å². The van der Waals surface area contributed by atoms with Gasteiger partial charge in [0.1, 0.15) is 6.33 Å². The van der Waals surface area contributed by atoms with Gasteiger partial charge in [0.05, 0.1) is 0 Å². The molecule has 0 radical (unpaired) electrons. The Morgan fingerprint density at radius 2 is 2.37 bits per heavy atom. The van der Waals surface area contributed by atoms with Crippen LogP contribution in [0.3, 0.4) is 0 Å². The molecule has 0 amide bonds. The van der Waals surface area contributed by atoms with Gasteiger partial charge in [-0.25, -0.2) is 4.98 Å². The van der Waals surface area contributed by atoms with Crippen molar-refractivity contribution in [2.24, 2.45) is 11.8 Å². The van der Waals surface area contributed by atoms with Gasteiger partial charge in [0.25, 0.3) is 0 Å². The lowest BCUT2D eigenvalue weighted by Crippen LogP contribution is -2.36. The molecule has 0 bridgehead atoms. The molecule has 19 heavy (non-hydrogen) atoms. The van der Waals surface area contributed by atoms with Crippen LogP contribution in [0.25, 0.3) is 5.65 Å². The summed E-state index contributed by atoms with van der Waals surface area (Å²) in [4.78, 5) is 7.01. The highest BCUT2D eigenvalue weighted by Gasteiger charge is 2.44. The average Bonchev–Trinajstić information content (AvgIpc) is 3.12. The minimum absolute atomic E-state index is 0.565. The smallest absolute Gasteiger partial charge is 0.203 e.